The number of nitrogens with one attached hydrogen (secondary N) is 3. The fourth-order valence-electron chi connectivity index (χ4n) is 1.79. The van der Waals surface area contributed by atoms with Gasteiger partial charge in [-0.05, 0) is 19.8 Å². The van der Waals surface area contributed by atoms with Gasteiger partial charge in [0.15, 0.2) is 0 Å². The second-order valence-corrected chi connectivity index (χ2v) is 4.97. The Hall–Kier alpha value is -2.71. The number of aromatic amines is 1. The van der Waals surface area contributed by atoms with Gasteiger partial charge in [-0.15, -0.1) is 5.10 Å². The topological polar surface area (TPSA) is 118 Å². The van der Waals surface area contributed by atoms with E-state index in [4.69, 9.17) is 0 Å². The Morgan fingerprint density at radius 2 is 2.29 bits per heavy atom. The van der Waals surface area contributed by atoms with Crippen molar-refractivity contribution in [1.82, 2.24) is 30.3 Å². The first kappa shape index (κ1) is 13.3. The minimum absolute atomic E-state index is 0.0618. The summed E-state index contributed by atoms with van der Waals surface area (Å²) in [5.74, 6) is 0.115. The lowest BCUT2D eigenvalue weighted by Gasteiger charge is -2.02. The van der Waals surface area contributed by atoms with Crippen LogP contribution in [0.25, 0.3) is 0 Å². The van der Waals surface area contributed by atoms with Gasteiger partial charge in [0.25, 0.3) is 5.91 Å². The Bertz CT molecular complexity index is 671. The molecule has 0 radical (unpaired) electrons. The molecule has 0 aliphatic heterocycles. The Morgan fingerprint density at radius 1 is 1.48 bits per heavy atom. The third-order valence-electron chi connectivity index (χ3n) is 2.94. The molecule has 3 rings (SSSR count). The molecule has 1 aliphatic carbocycles. The molecule has 3 N–H and O–H groups in total. The normalized spacial score (nSPS) is 14.0. The first-order valence-corrected chi connectivity index (χ1v) is 6.62. The second kappa shape index (κ2) is 5.35. The highest BCUT2D eigenvalue weighted by Crippen LogP contribution is 2.18. The van der Waals surface area contributed by atoms with Gasteiger partial charge in [0, 0.05) is 12.2 Å². The van der Waals surface area contributed by atoms with Gasteiger partial charge < -0.3 is 10.6 Å². The van der Waals surface area contributed by atoms with Crippen LogP contribution in [0.4, 0.5) is 5.69 Å². The predicted octanol–water partition coefficient (Wildman–Crippen LogP) is -0.159. The van der Waals surface area contributed by atoms with E-state index in [0.717, 1.165) is 12.8 Å². The van der Waals surface area contributed by atoms with Crippen LogP contribution in [-0.4, -0.2) is 42.8 Å². The molecule has 2 heterocycles. The Balaban J connectivity index is 1.56. The molecule has 1 saturated carbocycles. The van der Waals surface area contributed by atoms with Gasteiger partial charge in [-0.1, -0.05) is 0 Å². The van der Waals surface area contributed by atoms with Crippen LogP contribution in [0, 0.1) is 6.92 Å². The van der Waals surface area contributed by atoms with Crippen molar-refractivity contribution in [3.8, 4) is 0 Å². The number of carbonyl (C=O) groups is 2. The maximum Gasteiger partial charge on any atom is 0.295 e. The maximum atomic E-state index is 11.8. The average Bonchev–Trinajstić information content (AvgIpc) is 2.95. The first-order valence-electron chi connectivity index (χ1n) is 6.62. The minimum atomic E-state index is -0.429. The van der Waals surface area contributed by atoms with Crippen LogP contribution in [0.3, 0.4) is 0 Å². The fourth-order valence-corrected chi connectivity index (χ4v) is 1.79. The van der Waals surface area contributed by atoms with Gasteiger partial charge in [-0.2, -0.15) is 5.10 Å². The van der Waals surface area contributed by atoms with Crippen LogP contribution >= 0.6 is 0 Å². The van der Waals surface area contributed by atoms with Crippen LogP contribution in [0.2, 0.25) is 0 Å². The number of carbonyl (C=O) groups excluding carboxylic acids is 2. The third-order valence-corrected chi connectivity index (χ3v) is 2.94. The number of anilines is 1. The molecule has 2 aromatic rings. The highest BCUT2D eigenvalue weighted by Gasteiger charge is 2.23. The fraction of sp³-hybridized carbons (Fsp3) is 0.417. The van der Waals surface area contributed by atoms with E-state index in [1.165, 1.54) is 10.9 Å². The Morgan fingerprint density at radius 3 is 2.95 bits per heavy atom. The summed E-state index contributed by atoms with van der Waals surface area (Å²) < 4.78 is 1.47. The van der Waals surface area contributed by atoms with E-state index >= 15 is 0 Å². The van der Waals surface area contributed by atoms with Crippen molar-refractivity contribution in [2.24, 2.45) is 0 Å². The molecule has 9 nitrogen and oxygen atoms in total. The van der Waals surface area contributed by atoms with Crippen molar-refractivity contribution < 1.29 is 9.59 Å². The minimum Gasteiger partial charge on any atom is -0.352 e. The molecule has 0 unspecified atom stereocenters. The summed E-state index contributed by atoms with van der Waals surface area (Å²) in [6.45, 7) is 1.84. The first-order chi connectivity index (χ1) is 10.1. The summed E-state index contributed by atoms with van der Waals surface area (Å²) in [6, 6.07) is 0.321. The number of amides is 2. The maximum absolute atomic E-state index is 11.8. The monoisotopic (exact) mass is 289 g/mol. The van der Waals surface area contributed by atoms with E-state index in [0.29, 0.717) is 17.6 Å². The largest absolute Gasteiger partial charge is 0.352 e. The molecule has 9 heteroatoms. The molecule has 110 valence electrons. The lowest BCUT2D eigenvalue weighted by atomic mass is 10.5. The molecule has 1 fully saturated rings. The zero-order valence-electron chi connectivity index (χ0n) is 11.5. The molecule has 21 heavy (non-hydrogen) atoms. The summed E-state index contributed by atoms with van der Waals surface area (Å²) in [4.78, 5) is 27.4. The van der Waals surface area contributed by atoms with Crippen molar-refractivity contribution >= 4 is 17.5 Å². The van der Waals surface area contributed by atoms with Crippen molar-refractivity contribution in [2.75, 3.05) is 5.32 Å². The zero-order valence-corrected chi connectivity index (χ0v) is 11.5. The van der Waals surface area contributed by atoms with E-state index in [-0.39, 0.29) is 18.3 Å². The number of aryl methyl sites for hydroxylation is 1. The summed E-state index contributed by atoms with van der Waals surface area (Å²) >= 11 is 0. The summed E-state index contributed by atoms with van der Waals surface area (Å²) in [7, 11) is 0. The quantitative estimate of drug-likeness (QED) is 0.707. The molecule has 2 aromatic heterocycles. The molecule has 0 atom stereocenters. The average molecular weight is 289 g/mol. The molecule has 0 spiro atoms. The summed E-state index contributed by atoms with van der Waals surface area (Å²) in [6.07, 6.45) is 5.15. The third kappa shape index (κ3) is 3.44. The molecular weight excluding hydrogens is 274 g/mol. The zero-order chi connectivity index (χ0) is 14.8. The number of aromatic nitrogens is 5. The highest BCUT2D eigenvalue weighted by atomic mass is 16.2. The van der Waals surface area contributed by atoms with Gasteiger partial charge in [0.2, 0.25) is 11.7 Å². The van der Waals surface area contributed by atoms with Crippen molar-refractivity contribution in [1.29, 1.82) is 0 Å². The number of hydrogen-bond donors (Lipinski definition) is 3. The van der Waals surface area contributed by atoms with Gasteiger partial charge >= 0.3 is 0 Å². The molecule has 1 aliphatic rings. The number of rotatable bonds is 5. The van der Waals surface area contributed by atoms with Crippen LogP contribution in [-0.2, 0) is 11.3 Å². The van der Waals surface area contributed by atoms with Crippen LogP contribution in [0.5, 0.6) is 0 Å². The van der Waals surface area contributed by atoms with Crippen molar-refractivity contribution in [3.05, 3.63) is 24.0 Å². The molecule has 0 aromatic carbocycles. The van der Waals surface area contributed by atoms with E-state index < -0.39 is 5.91 Å². The molecule has 2 amide bonds. The van der Waals surface area contributed by atoms with Crippen molar-refractivity contribution in [2.45, 2.75) is 32.4 Å². The lowest BCUT2D eigenvalue weighted by Crippen LogP contribution is -2.29. The predicted molar refractivity (Wildman–Crippen MR) is 72.5 cm³/mol. The van der Waals surface area contributed by atoms with E-state index in [9.17, 15) is 9.59 Å². The Labute approximate surface area is 120 Å². The van der Waals surface area contributed by atoms with Crippen molar-refractivity contribution in [3.63, 3.8) is 0 Å². The van der Waals surface area contributed by atoms with E-state index in [2.05, 4.69) is 30.9 Å². The summed E-state index contributed by atoms with van der Waals surface area (Å²) in [5.41, 5.74) is 0.488. The lowest BCUT2D eigenvalue weighted by molar-refractivity contribution is -0.122. The molecular formula is C12H15N7O2. The van der Waals surface area contributed by atoms with E-state index in [1.54, 1.807) is 13.1 Å². The number of nitrogens with zero attached hydrogens (tertiary/aromatic N) is 4. The van der Waals surface area contributed by atoms with E-state index in [1.807, 2.05) is 0 Å². The van der Waals surface area contributed by atoms with Crippen LogP contribution in [0.1, 0.15) is 29.3 Å². The van der Waals surface area contributed by atoms with Gasteiger partial charge in [-0.3, -0.25) is 19.4 Å². The van der Waals surface area contributed by atoms with Gasteiger partial charge in [0.1, 0.15) is 12.4 Å². The second-order valence-electron chi connectivity index (χ2n) is 4.97. The van der Waals surface area contributed by atoms with Gasteiger partial charge in [0.05, 0.1) is 11.9 Å². The number of hydrogen-bond acceptors (Lipinski definition) is 5. The van der Waals surface area contributed by atoms with Crippen LogP contribution in [0.15, 0.2) is 12.4 Å². The standard InChI is InChI=1S/C12H15N7O2/c1-7-14-11(18-17-7)12(21)16-9-4-13-19(5-9)6-10(20)15-8-2-3-8/h4-5,8H,2-3,6H2,1H3,(H,15,20)(H,16,21)(H,14,17,18). The van der Waals surface area contributed by atoms with Crippen LogP contribution < -0.4 is 10.6 Å². The smallest absolute Gasteiger partial charge is 0.295 e. The molecule has 0 bridgehead atoms. The Kier molecular flexibility index (Phi) is 3.38. The number of H-pyrrole nitrogens is 1. The SMILES string of the molecule is Cc1nc(C(=O)Nc2cnn(CC(=O)NC3CC3)c2)n[nH]1. The van der Waals surface area contributed by atoms with Gasteiger partial charge in [-0.25, -0.2) is 4.98 Å². The highest BCUT2D eigenvalue weighted by molar-refractivity contribution is 6.01. The summed E-state index contributed by atoms with van der Waals surface area (Å²) in [5, 5.41) is 15.9. The molecule has 0 saturated heterocycles.